The van der Waals surface area contributed by atoms with E-state index in [1.807, 2.05) is 30.3 Å². The van der Waals surface area contributed by atoms with E-state index >= 15 is 0 Å². The number of methoxy groups -OCH3 is 1. The topological polar surface area (TPSA) is 64.1 Å². The minimum Gasteiger partial charge on any atom is -0.496 e. The van der Waals surface area contributed by atoms with Gasteiger partial charge in [-0.15, -0.1) is 0 Å². The van der Waals surface area contributed by atoms with Crippen molar-refractivity contribution >= 4 is 10.8 Å². The molecule has 0 spiro atoms. The van der Waals surface area contributed by atoms with E-state index in [0.29, 0.717) is 5.69 Å². The van der Waals surface area contributed by atoms with Crippen molar-refractivity contribution < 1.29 is 4.74 Å². The second-order valence-electron chi connectivity index (χ2n) is 8.34. The Labute approximate surface area is 174 Å². The quantitative estimate of drug-likeness (QED) is 0.544. The van der Waals surface area contributed by atoms with E-state index in [1.54, 1.807) is 7.11 Å². The number of benzene rings is 3. The first-order valence-corrected chi connectivity index (χ1v) is 9.82. The number of ether oxygens (including phenoxy) is 1. The van der Waals surface area contributed by atoms with Crippen molar-refractivity contribution in [3.63, 3.8) is 0 Å². The van der Waals surface area contributed by atoms with Crippen LogP contribution in [0.5, 0.6) is 5.75 Å². The molecule has 1 heterocycles. The van der Waals surface area contributed by atoms with E-state index in [0.717, 1.165) is 37.8 Å². The summed E-state index contributed by atoms with van der Waals surface area (Å²) in [6.07, 6.45) is 1.36. The smallest absolute Gasteiger partial charge is 0.332 e. The van der Waals surface area contributed by atoms with Crippen LogP contribution in [0.15, 0.2) is 76.4 Å². The van der Waals surface area contributed by atoms with Gasteiger partial charge < -0.3 is 9.72 Å². The summed E-state index contributed by atoms with van der Waals surface area (Å²) in [7, 11) is 1.65. The third kappa shape index (κ3) is 3.43. The highest BCUT2D eigenvalue weighted by Crippen LogP contribution is 2.41. The first-order valence-electron chi connectivity index (χ1n) is 9.82. The van der Waals surface area contributed by atoms with Crippen LogP contribution in [0.3, 0.4) is 0 Å². The summed E-state index contributed by atoms with van der Waals surface area (Å²) in [4.78, 5) is 27.5. The van der Waals surface area contributed by atoms with E-state index in [4.69, 9.17) is 4.74 Å². The van der Waals surface area contributed by atoms with Gasteiger partial charge in [-0.2, -0.15) is 0 Å². The minimum absolute atomic E-state index is 0.266. The van der Waals surface area contributed by atoms with Crippen molar-refractivity contribution in [1.82, 2.24) is 9.55 Å². The lowest BCUT2D eigenvalue weighted by Gasteiger charge is -2.25. The minimum atomic E-state index is -0.475. The molecule has 3 aromatic carbocycles. The Morgan fingerprint density at radius 1 is 0.900 bits per heavy atom. The van der Waals surface area contributed by atoms with Gasteiger partial charge in [-0.05, 0) is 39.9 Å². The zero-order chi connectivity index (χ0) is 21.5. The molecular weight excluding hydrogens is 376 g/mol. The van der Waals surface area contributed by atoms with Crippen molar-refractivity contribution in [2.24, 2.45) is 0 Å². The lowest BCUT2D eigenvalue weighted by Crippen LogP contribution is -2.32. The monoisotopic (exact) mass is 400 g/mol. The zero-order valence-corrected chi connectivity index (χ0v) is 17.5. The molecule has 4 aromatic rings. The SMILES string of the molecule is COc1c(-c2ccc3ccccc3c2)cc(-n2c(=O)cc[nH]c2=O)cc1C(C)(C)C. The lowest BCUT2D eigenvalue weighted by atomic mass is 9.83. The number of nitrogens with one attached hydrogen (secondary N) is 1. The summed E-state index contributed by atoms with van der Waals surface area (Å²) in [5, 5.41) is 2.25. The standard InChI is InChI=1S/C25H24N2O3/c1-25(2,3)21-15-19(27-22(28)11-12-26-24(27)29)14-20(23(21)30-4)18-10-9-16-7-5-6-8-17(16)13-18/h5-15H,1-4H3,(H,26,29). The average Bonchev–Trinajstić information content (AvgIpc) is 2.72. The van der Waals surface area contributed by atoms with Gasteiger partial charge in [0.05, 0.1) is 12.8 Å². The van der Waals surface area contributed by atoms with Gasteiger partial charge in [0.2, 0.25) is 0 Å². The molecule has 0 aliphatic carbocycles. The molecule has 0 amide bonds. The van der Waals surface area contributed by atoms with Crippen LogP contribution in [-0.4, -0.2) is 16.7 Å². The molecule has 0 atom stereocenters. The van der Waals surface area contributed by atoms with Crippen LogP contribution >= 0.6 is 0 Å². The lowest BCUT2D eigenvalue weighted by molar-refractivity contribution is 0.399. The summed E-state index contributed by atoms with van der Waals surface area (Å²) >= 11 is 0. The zero-order valence-electron chi connectivity index (χ0n) is 17.5. The summed E-state index contributed by atoms with van der Waals surface area (Å²) in [5.74, 6) is 0.738. The molecule has 0 unspecified atom stereocenters. The van der Waals surface area contributed by atoms with Crippen molar-refractivity contribution in [1.29, 1.82) is 0 Å². The number of H-pyrrole nitrogens is 1. The molecule has 1 N–H and O–H groups in total. The molecule has 0 radical (unpaired) electrons. The number of aromatic nitrogens is 2. The fourth-order valence-electron chi connectivity index (χ4n) is 3.76. The van der Waals surface area contributed by atoms with Crippen LogP contribution in [0.25, 0.3) is 27.6 Å². The second-order valence-corrected chi connectivity index (χ2v) is 8.34. The maximum absolute atomic E-state index is 12.5. The third-order valence-corrected chi connectivity index (χ3v) is 5.26. The summed E-state index contributed by atoms with van der Waals surface area (Å²) in [5.41, 5.74) is 2.10. The summed E-state index contributed by atoms with van der Waals surface area (Å²) in [6, 6.07) is 19.4. The molecule has 0 aliphatic heterocycles. The molecule has 0 saturated carbocycles. The Morgan fingerprint density at radius 3 is 2.30 bits per heavy atom. The first-order chi connectivity index (χ1) is 14.3. The predicted octanol–water partition coefficient (Wildman–Crippen LogP) is 4.65. The highest BCUT2D eigenvalue weighted by Gasteiger charge is 2.24. The van der Waals surface area contributed by atoms with Crippen LogP contribution in [0.1, 0.15) is 26.3 Å². The fraction of sp³-hybridized carbons (Fsp3) is 0.200. The molecule has 5 heteroatoms. The number of nitrogens with zero attached hydrogens (tertiary/aromatic N) is 1. The predicted molar refractivity (Wildman–Crippen MR) is 121 cm³/mol. The maximum Gasteiger partial charge on any atom is 0.332 e. The van der Waals surface area contributed by atoms with E-state index in [2.05, 4.69) is 50.0 Å². The Bertz CT molecular complexity index is 1330. The molecule has 0 aliphatic rings. The molecule has 4 rings (SSSR count). The van der Waals surface area contributed by atoms with Crippen molar-refractivity contribution in [3.05, 3.63) is 93.3 Å². The van der Waals surface area contributed by atoms with E-state index in [1.165, 1.54) is 12.3 Å². The number of hydrogen-bond donors (Lipinski definition) is 1. The van der Waals surface area contributed by atoms with E-state index in [-0.39, 0.29) is 11.0 Å². The maximum atomic E-state index is 12.5. The highest BCUT2D eigenvalue weighted by atomic mass is 16.5. The number of aromatic amines is 1. The van der Waals surface area contributed by atoms with Gasteiger partial charge in [0.25, 0.3) is 5.56 Å². The molecule has 0 bridgehead atoms. The van der Waals surface area contributed by atoms with Gasteiger partial charge in [-0.3, -0.25) is 4.79 Å². The Hall–Kier alpha value is -3.60. The van der Waals surface area contributed by atoms with Crippen LogP contribution in [0.2, 0.25) is 0 Å². The van der Waals surface area contributed by atoms with Gasteiger partial charge in [0.15, 0.2) is 0 Å². The second kappa shape index (κ2) is 7.34. The number of hydrogen-bond acceptors (Lipinski definition) is 3. The Kier molecular flexibility index (Phi) is 4.82. The van der Waals surface area contributed by atoms with Crippen molar-refractivity contribution in [2.75, 3.05) is 7.11 Å². The van der Waals surface area contributed by atoms with Gasteiger partial charge in [-0.25, -0.2) is 9.36 Å². The van der Waals surface area contributed by atoms with Gasteiger partial charge in [0.1, 0.15) is 5.75 Å². The van der Waals surface area contributed by atoms with Crippen molar-refractivity contribution in [3.8, 4) is 22.6 Å². The molecule has 1 aromatic heterocycles. The Morgan fingerprint density at radius 2 is 1.63 bits per heavy atom. The van der Waals surface area contributed by atoms with Crippen LogP contribution in [0, 0.1) is 0 Å². The van der Waals surface area contributed by atoms with Gasteiger partial charge >= 0.3 is 5.69 Å². The molecular formula is C25H24N2O3. The van der Waals surface area contributed by atoms with Gasteiger partial charge in [-0.1, -0.05) is 57.2 Å². The Balaban J connectivity index is 2.08. The summed E-state index contributed by atoms with van der Waals surface area (Å²) < 4.78 is 7.00. The van der Waals surface area contributed by atoms with Gasteiger partial charge in [0, 0.05) is 23.4 Å². The normalized spacial score (nSPS) is 11.6. The third-order valence-electron chi connectivity index (χ3n) is 5.26. The summed E-state index contributed by atoms with van der Waals surface area (Å²) in [6.45, 7) is 6.24. The number of rotatable bonds is 3. The largest absolute Gasteiger partial charge is 0.496 e. The first kappa shape index (κ1) is 19.7. The van der Waals surface area contributed by atoms with Crippen molar-refractivity contribution in [2.45, 2.75) is 26.2 Å². The van der Waals surface area contributed by atoms with E-state index in [9.17, 15) is 9.59 Å². The molecule has 0 fully saturated rings. The van der Waals surface area contributed by atoms with E-state index < -0.39 is 5.69 Å². The van der Waals surface area contributed by atoms with Crippen LogP contribution in [-0.2, 0) is 5.41 Å². The van der Waals surface area contributed by atoms with Crippen LogP contribution in [0.4, 0.5) is 0 Å². The fourth-order valence-corrected chi connectivity index (χ4v) is 3.76. The molecule has 30 heavy (non-hydrogen) atoms. The average molecular weight is 400 g/mol. The molecule has 0 saturated heterocycles. The van der Waals surface area contributed by atoms with Crippen LogP contribution < -0.4 is 16.0 Å². The molecule has 152 valence electrons. The number of fused-ring (bicyclic) bond motifs is 1. The highest BCUT2D eigenvalue weighted by molar-refractivity contribution is 5.89. The molecule has 5 nitrogen and oxygen atoms in total.